The number of amides is 3. The Hall–Kier alpha value is -2.97. The van der Waals surface area contributed by atoms with Crippen molar-refractivity contribution in [3.05, 3.63) is 24.5 Å². The minimum atomic E-state index is -0.709. The van der Waals surface area contributed by atoms with E-state index in [9.17, 15) is 14.4 Å². The van der Waals surface area contributed by atoms with Crippen molar-refractivity contribution in [3.8, 4) is 0 Å². The Labute approximate surface area is 151 Å². The number of carbonyl (C=O) groups excluding carboxylic acids is 3. The van der Waals surface area contributed by atoms with Crippen LogP contribution in [0.15, 0.2) is 23.8 Å². The van der Waals surface area contributed by atoms with Crippen molar-refractivity contribution < 1.29 is 23.7 Å². The molecule has 0 spiro atoms. The highest BCUT2D eigenvalue weighted by Gasteiger charge is 2.53. The van der Waals surface area contributed by atoms with Gasteiger partial charge in [0.15, 0.2) is 0 Å². The predicted octanol–water partition coefficient (Wildman–Crippen LogP) is 0.702. The number of likely N-dealkylation sites (N-methyl/N-ethyl adjacent to an activating group) is 1. The first-order chi connectivity index (χ1) is 12.4. The fourth-order valence-corrected chi connectivity index (χ4v) is 3.23. The van der Waals surface area contributed by atoms with Crippen molar-refractivity contribution in [2.24, 2.45) is 4.99 Å². The summed E-state index contributed by atoms with van der Waals surface area (Å²) >= 11 is 0. The zero-order chi connectivity index (χ0) is 19.0. The summed E-state index contributed by atoms with van der Waals surface area (Å²) in [5, 5.41) is 0. The summed E-state index contributed by atoms with van der Waals surface area (Å²) in [6.07, 6.45) is 3.55. The van der Waals surface area contributed by atoms with Gasteiger partial charge in [0.05, 0.1) is 19.6 Å². The number of aliphatic imine (C=N–C) groups is 1. The van der Waals surface area contributed by atoms with Gasteiger partial charge < -0.3 is 4.74 Å². The summed E-state index contributed by atoms with van der Waals surface area (Å²) in [6, 6.07) is -1.20. The summed E-state index contributed by atoms with van der Waals surface area (Å²) in [5.41, 5.74) is 0.938. The average Bonchev–Trinajstić information content (AvgIpc) is 3.10. The maximum atomic E-state index is 13.0. The van der Waals surface area contributed by atoms with E-state index >= 15 is 0 Å². The Morgan fingerprint density at radius 2 is 2.19 bits per heavy atom. The van der Waals surface area contributed by atoms with Crippen molar-refractivity contribution in [3.63, 3.8) is 0 Å². The van der Waals surface area contributed by atoms with Crippen molar-refractivity contribution >= 4 is 29.7 Å². The molecule has 1 fully saturated rings. The topological polar surface area (TPSA) is 88.1 Å². The van der Waals surface area contributed by atoms with E-state index in [-0.39, 0.29) is 19.6 Å². The zero-order valence-electron chi connectivity index (χ0n) is 15.1. The molecule has 2 aliphatic heterocycles. The number of rotatable bonds is 6. The fraction of sp³-hybridized carbons (Fsp3) is 0.471. The smallest absolute Gasteiger partial charge is 0.402 e. The van der Waals surface area contributed by atoms with Gasteiger partial charge in [0.25, 0.3) is 5.91 Å². The van der Waals surface area contributed by atoms with E-state index in [1.54, 1.807) is 24.6 Å². The Balaban J connectivity index is 1.91. The SMILES string of the molecule is C=CCn1c(C)c[n+]2c1N=C1C2C(=O)N(CCC(=O)OCC)C(=O)N1C. The number of nitrogens with zero attached hydrogens (tertiary/aromatic N) is 5. The molecular formula is C17H22N5O4+. The molecule has 3 heterocycles. The maximum absolute atomic E-state index is 13.0. The van der Waals surface area contributed by atoms with Gasteiger partial charge in [0.2, 0.25) is 11.9 Å². The van der Waals surface area contributed by atoms with E-state index in [0.29, 0.717) is 18.3 Å². The number of imidazole rings is 1. The minimum absolute atomic E-state index is 0.0210. The van der Waals surface area contributed by atoms with Crippen molar-refractivity contribution in [1.82, 2.24) is 14.4 Å². The molecule has 2 aliphatic rings. The predicted molar refractivity (Wildman–Crippen MR) is 91.8 cm³/mol. The van der Waals surface area contributed by atoms with Gasteiger partial charge in [-0.15, -0.1) is 0 Å². The van der Waals surface area contributed by atoms with Gasteiger partial charge in [-0.2, -0.15) is 0 Å². The van der Waals surface area contributed by atoms with E-state index in [4.69, 9.17) is 4.74 Å². The molecule has 9 nitrogen and oxygen atoms in total. The molecule has 0 aromatic carbocycles. The number of carbonyl (C=O) groups is 3. The standard InChI is InChI=1S/C17H22N5O4/c1-5-8-20-11(3)10-22-13-14(18-16(20)22)19(4)17(25)21(15(13)24)9-7-12(23)26-6-2/h5,10,13H,1,6-9H2,2-4H3/q+1. The highest BCUT2D eigenvalue weighted by Crippen LogP contribution is 2.29. The van der Waals surface area contributed by atoms with Gasteiger partial charge in [-0.3, -0.25) is 19.4 Å². The number of urea groups is 1. The summed E-state index contributed by atoms with van der Waals surface area (Å²) < 4.78 is 8.56. The number of imide groups is 1. The summed E-state index contributed by atoms with van der Waals surface area (Å²) in [4.78, 5) is 44.1. The Kier molecular flexibility index (Phi) is 4.62. The molecule has 1 aromatic rings. The average molecular weight is 360 g/mol. The number of hydrogen-bond acceptors (Lipinski definition) is 5. The third-order valence-corrected chi connectivity index (χ3v) is 4.48. The molecule has 0 N–H and O–H groups in total. The minimum Gasteiger partial charge on any atom is -0.466 e. The summed E-state index contributed by atoms with van der Waals surface area (Å²) in [5.74, 6) is 0.154. The monoisotopic (exact) mass is 360 g/mol. The molecule has 1 atom stereocenters. The van der Waals surface area contributed by atoms with Crippen LogP contribution in [0.3, 0.4) is 0 Å². The summed E-state index contributed by atoms with van der Waals surface area (Å²) in [6.45, 7) is 8.16. The van der Waals surface area contributed by atoms with Gasteiger partial charge in [-0.1, -0.05) is 17.6 Å². The molecule has 0 radical (unpaired) electrons. The van der Waals surface area contributed by atoms with E-state index < -0.39 is 23.9 Å². The van der Waals surface area contributed by atoms with Gasteiger partial charge in [-0.05, 0) is 13.8 Å². The number of hydrogen-bond donors (Lipinski definition) is 0. The maximum Gasteiger partial charge on any atom is 0.402 e. The van der Waals surface area contributed by atoms with Crippen LogP contribution < -0.4 is 4.57 Å². The van der Waals surface area contributed by atoms with Gasteiger partial charge >= 0.3 is 17.9 Å². The third-order valence-electron chi connectivity index (χ3n) is 4.48. The van der Waals surface area contributed by atoms with Crippen LogP contribution in [-0.4, -0.2) is 58.3 Å². The number of esters is 1. The first-order valence-electron chi connectivity index (χ1n) is 8.46. The fourth-order valence-electron chi connectivity index (χ4n) is 3.23. The number of aromatic nitrogens is 2. The number of allylic oxidation sites excluding steroid dienone is 1. The largest absolute Gasteiger partial charge is 0.466 e. The molecule has 1 aromatic heterocycles. The quantitative estimate of drug-likeness (QED) is 0.424. The molecule has 3 rings (SSSR count). The van der Waals surface area contributed by atoms with Gasteiger partial charge in [-0.25, -0.2) is 13.9 Å². The number of fused-ring (bicyclic) bond motifs is 3. The molecule has 26 heavy (non-hydrogen) atoms. The van der Waals surface area contributed by atoms with Crippen molar-refractivity contribution in [1.29, 1.82) is 0 Å². The normalized spacial score (nSPS) is 18.6. The van der Waals surface area contributed by atoms with Crippen molar-refractivity contribution in [2.45, 2.75) is 32.9 Å². The molecule has 0 aliphatic carbocycles. The second-order valence-corrected chi connectivity index (χ2v) is 6.14. The Bertz CT molecular complexity index is 825. The molecule has 0 bridgehead atoms. The van der Waals surface area contributed by atoms with E-state index in [0.717, 1.165) is 10.6 Å². The number of aryl methyl sites for hydroxylation is 1. The van der Waals surface area contributed by atoms with Crippen LogP contribution in [0.5, 0.6) is 0 Å². The van der Waals surface area contributed by atoms with Gasteiger partial charge in [0.1, 0.15) is 11.9 Å². The molecule has 1 saturated heterocycles. The highest BCUT2D eigenvalue weighted by molar-refractivity contribution is 6.19. The van der Waals surface area contributed by atoms with Crippen LogP contribution >= 0.6 is 0 Å². The summed E-state index contributed by atoms with van der Waals surface area (Å²) in [7, 11) is 1.58. The molecule has 138 valence electrons. The molecule has 3 amide bonds. The molecular weight excluding hydrogens is 338 g/mol. The third kappa shape index (κ3) is 2.69. The van der Waals surface area contributed by atoms with Crippen LogP contribution in [0.25, 0.3) is 0 Å². The highest BCUT2D eigenvalue weighted by atomic mass is 16.5. The lowest BCUT2D eigenvalue weighted by atomic mass is 10.1. The number of ether oxygens (including phenoxy) is 1. The Morgan fingerprint density at radius 1 is 1.46 bits per heavy atom. The van der Waals surface area contributed by atoms with Gasteiger partial charge in [0, 0.05) is 13.6 Å². The first-order valence-corrected chi connectivity index (χ1v) is 8.46. The molecule has 0 saturated carbocycles. The lowest BCUT2D eigenvalue weighted by Gasteiger charge is -2.32. The second-order valence-electron chi connectivity index (χ2n) is 6.14. The van der Waals surface area contributed by atoms with Crippen LogP contribution in [0.1, 0.15) is 25.1 Å². The van der Waals surface area contributed by atoms with Crippen molar-refractivity contribution in [2.75, 3.05) is 20.2 Å². The van der Waals surface area contributed by atoms with Crippen LogP contribution in [-0.2, 0) is 20.9 Å². The molecule has 1 unspecified atom stereocenters. The zero-order valence-corrected chi connectivity index (χ0v) is 15.1. The van der Waals surface area contributed by atoms with E-state index in [2.05, 4.69) is 11.6 Å². The van der Waals surface area contributed by atoms with Crippen LogP contribution in [0.4, 0.5) is 10.7 Å². The second kappa shape index (κ2) is 6.74. The Morgan fingerprint density at radius 3 is 2.85 bits per heavy atom. The lowest BCUT2D eigenvalue weighted by Crippen LogP contribution is -2.62. The number of amidine groups is 1. The van der Waals surface area contributed by atoms with Crippen LogP contribution in [0.2, 0.25) is 0 Å². The van der Waals surface area contributed by atoms with Crippen LogP contribution in [0, 0.1) is 6.92 Å². The lowest BCUT2D eigenvalue weighted by molar-refractivity contribution is -0.677. The first kappa shape index (κ1) is 17.8. The van der Waals surface area contributed by atoms with E-state index in [1.165, 1.54) is 4.90 Å². The van der Waals surface area contributed by atoms with E-state index in [1.807, 2.05) is 17.7 Å². The molecule has 9 heteroatoms.